The van der Waals surface area contributed by atoms with Gasteiger partial charge in [-0.25, -0.2) is 4.79 Å². The molecule has 18 nitrogen and oxygen atoms in total. The number of allylic oxidation sites excluding steroid dienone is 2. The summed E-state index contributed by atoms with van der Waals surface area (Å²) in [5.41, 5.74) is -0.0706. The lowest BCUT2D eigenvalue weighted by atomic mass is 9.33. The monoisotopic (exact) mass is 929 g/mol. The number of hydrogen-bond donors (Lipinski definition) is 11. The van der Waals surface area contributed by atoms with Crippen molar-refractivity contribution in [1.82, 2.24) is 0 Å². The Hall–Kier alpha value is -1.43. The van der Waals surface area contributed by atoms with E-state index in [0.29, 0.717) is 12.8 Å². The van der Waals surface area contributed by atoms with Gasteiger partial charge in [0.1, 0.15) is 54.9 Å². The molecule has 65 heavy (non-hydrogen) atoms. The maximum atomic E-state index is 12.4. The van der Waals surface area contributed by atoms with Gasteiger partial charge < -0.3 is 84.6 Å². The van der Waals surface area contributed by atoms with Crippen LogP contribution < -0.4 is 0 Å². The molecule has 0 bridgehead atoms. The average molecular weight is 929 g/mol. The zero-order chi connectivity index (χ0) is 47.7. The number of ether oxygens (including phenoxy) is 6. The van der Waals surface area contributed by atoms with Gasteiger partial charge >= 0.3 is 5.97 Å². The van der Waals surface area contributed by atoms with Crippen LogP contribution in [-0.2, 0) is 33.2 Å². The summed E-state index contributed by atoms with van der Waals surface area (Å²) >= 11 is 0. The first-order chi connectivity index (χ1) is 30.2. The summed E-state index contributed by atoms with van der Waals surface area (Å²) in [5, 5.41) is 119. The lowest BCUT2D eigenvalue weighted by Crippen LogP contribution is -2.68. The van der Waals surface area contributed by atoms with E-state index < -0.39 is 110 Å². The molecule has 0 unspecified atom stereocenters. The summed E-state index contributed by atoms with van der Waals surface area (Å²) in [4.78, 5) is 12.4. The molecule has 0 amide bonds. The minimum absolute atomic E-state index is 0.0160. The molecule has 0 spiro atoms. The summed E-state index contributed by atoms with van der Waals surface area (Å²) in [6.45, 7) is 17.1. The summed E-state index contributed by atoms with van der Waals surface area (Å²) in [6, 6.07) is 0. The Morgan fingerprint density at radius 3 is 1.94 bits per heavy atom. The lowest BCUT2D eigenvalue weighted by Gasteiger charge is -2.72. The van der Waals surface area contributed by atoms with Crippen LogP contribution in [0.5, 0.6) is 0 Å². The second-order valence-corrected chi connectivity index (χ2v) is 23.3. The van der Waals surface area contributed by atoms with Crippen molar-refractivity contribution in [2.45, 2.75) is 218 Å². The van der Waals surface area contributed by atoms with Crippen LogP contribution in [0.4, 0.5) is 0 Å². The van der Waals surface area contributed by atoms with Crippen molar-refractivity contribution in [3.63, 3.8) is 0 Å². The number of carboxylic acid groups (broad SMARTS) is 1. The number of aliphatic carboxylic acids is 1. The zero-order valence-corrected chi connectivity index (χ0v) is 39.0. The largest absolute Gasteiger partial charge is 0.479 e. The van der Waals surface area contributed by atoms with E-state index in [1.807, 2.05) is 6.92 Å². The Morgan fingerprint density at radius 2 is 1.29 bits per heavy atom. The van der Waals surface area contributed by atoms with Gasteiger partial charge in [0, 0.05) is 10.8 Å². The molecule has 7 fully saturated rings. The van der Waals surface area contributed by atoms with Crippen LogP contribution in [-0.4, -0.2) is 173 Å². The molecule has 11 N–H and O–H groups in total. The summed E-state index contributed by atoms with van der Waals surface area (Å²) in [6.07, 6.45) is -18.8. The van der Waals surface area contributed by atoms with Gasteiger partial charge in [-0.3, -0.25) is 0 Å². The minimum Gasteiger partial charge on any atom is -0.479 e. The highest BCUT2D eigenvalue weighted by Crippen LogP contribution is 2.76. The third kappa shape index (κ3) is 7.71. The zero-order valence-electron chi connectivity index (χ0n) is 39.0. The van der Waals surface area contributed by atoms with Gasteiger partial charge in [0.2, 0.25) is 0 Å². The van der Waals surface area contributed by atoms with Crippen molar-refractivity contribution in [2.24, 2.45) is 50.2 Å². The highest BCUT2D eigenvalue weighted by atomic mass is 16.8. The van der Waals surface area contributed by atoms with Gasteiger partial charge in [0.05, 0.1) is 24.9 Å². The van der Waals surface area contributed by atoms with E-state index in [2.05, 4.69) is 47.6 Å². The van der Waals surface area contributed by atoms with Crippen molar-refractivity contribution in [1.29, 1.82) is 0 Å². The number of aliphatic hydroxyl groups excluding tert-OH is 10. The average Bonchev–Trinajstić information content (AvgIpc) is 3.23. The van der Waals surface area contributed by atoms with E-state index in [4.69, 9.17) is 28.4 Å². The number of rotatable bonds is 8. The fourth-order valence-electron chi connectivity index (χ4n) is 14.9. The molecule has 25 atom stereocenters. The van der Waals surface area contributed by atoms with Crippen LogP contribution >= 0.6 is 0 Å². The predicted molar refractivity (Wildman–Crippen MR) is 226 cm³/mol. The van der Waals surface area contributed by atoms with Crippen LogP contribution in [0.1, 0.15) is 113 Å². The van der Waals surface area contributed by atoms with E-state index in [9.17, 15) is 61.0 Å². The molecular formula is C47H76O18. The number of hydrogen-bond acceptors (Lipinski definition) is 17. The fraction of sp³-hybridized carbons (Fsp3) is 0.936. The molecular weight excluding hydrogens is 852 g/mol. The molecule has 4 saturated carbocycles. The Labute approximate surface area is 380 Å². The molecule has 0 aromatic heterocycles. The maximum absolute atomic E-state index is 12.4. The fourth-order valence-corrected chi connectivity index (χ4v) is 14.9. The van der Waals surface area contributed by atoms with Crippen molar-refractivity contribution < 1.29 is 89.4 Å². The van der Waals surface area contributed by atoms with Gasteiger partial charge in [-0.1, -0.05) is 60.1 Å². The first kappa shape index (κ1) is 50.0. The van der Waals surface area contributed by atoms with Crippen molar-refractivity contribution in [3.8, 4) is 0 Å². The van der Waals surface area contributed by atoms with E-state index in [0.717, 1.165) is 44.9 Å². The predicted octanol–water partition coefficient (Wildman–Crippen LogP) is 0.662. The van der Waals surface area contributed by atoms with Crippen LogP contribution in [0.3, 0.4) is 0 Å². The Kier molecular flexibility index (Phi) is 13.2. The first-order valence-electron chi connectivity index (χ1n) is 23.8. The van der Waals surface area contributed by atoms with E-state index in [-0.39, 0.29) is 57.5 Å². The van der Waals surface area contributed by atoms with Crippen molar-refractivity contribution in [3.05, 3.63) is 11.6 Å². The minimum atomic E-state index is -2.09. The van der Waals surface area contributed by atoms with Crippen LogP contribution in [0, 0.1) is 50.2 Å². The van der Waals surface area contributed by atoms with Gasteiger partial charge in [-0.2, -0.15) is 0 Å². The van der Waals surface area contributed by atoms with Gasteiger partial charge in [0.25, 0.3) is 0 Å². The molecule has 3 heterocycles. The molecule has 0 aromatic carbocycles. The van der Waals surface area contributed by atoms with Crippen LogP contribution in [0.25, 0.3) is 0 Å². The quantitative estimate of drug-likeness (QED) is 0.118. The number of carbonyl (C=O) groups is 1. The summed E-state index contributed by atoms with van der Waals surface area (Å²) in [7, 11) is 0. The van der Waals surface area contributed by atoms with Gasteiger partial charge in [-0.15, -0.1) is 0 Å². The Morgan fingerprint density at radius 1 is 0.662 bits per heavy atom. The first-order valence-corrected chi connectivity index (χ1v) is 23.8. The second kappa shape index (κ2) is 17.2. The number of aliphatic hydroxyl groups is 10. The van der Waals surface area contributed by atoms with E-state index >= 15 is 0 Å². The van der Waals surface area contributed by atoms with Gasteiger partial charge in [0.15, 0.2) is 31.3 Å². The summed E-state index contributed by atoms with van der Waals surface area (Å²) < 4.78 is 35.6. The van der Waals surface area contributed by atoms with Gasteiger partial charge in [-0.05, 0) is 104 Å². The Bertz CT molecular complexity index is 1800. The molecule has 372 valence electrons. The third-order valence-corrected chi connectivity index (χ3v) is 19.2. The number of carboxylic acids is 1. The topological polar surface area (TPSA) is 295 Å². The number of fused-ring (bicyclic) bond motifs is 7. The Balaban J connectivity index is 1.07. The van der Waals surface area contributed by atoms with E-state index in [1.54, 1.807) is 0 Å². The highest BCUT2D eigenvalue weighted by molar-refractivity contribution is 5.73. The second-order valence-electron chi connectivity index (χ2n) is 23.3. The smallest absolute Gasteiger partial charge is 0.335 e. The molecule has 8 rings (SSSR count). The molecule has 0 aromatic rings. The lowest BCUT2D eigenvalue weighted by molar-refractivity contribution is -0.410. The van der Waals surface area contributed by atoms with E-state index in [1.165, 1.54) is 12.5 Å². The SMILES string of the molecule is C[C@@H]1O[C@H](O[C@H]2[C@@H](O[C@H]3[C@@H](O[C@@H]4CC[C@@]5(C)[C@@H](CC[C@]6(C)[C@H]5CC=C5[C@H]7CC(C)(C)C[C@H](O)[C@]7(C)CC[C@]56C)[C@@]4(C)CO)O[C@H](C(=O)O)[C@@H](O)[C@@H]3O)O[C@H](O)[C@@H](O)[C@@H]2O)[C@@H](O)[C@H](O)[C@H]1O. The molecule has 3 aliphatic heterocycles. The van der Waals surface area contributed by atoms with Crippen LogP contribution in [0.2, 0.25) is 0 Å². The molecule has 0 radical (unpaired) electrons. The third-order valence-electron chi connectivity index (χ3n) is 19.2. The summed E-state index contributed by atoms with van der Waals surface area (Å²) in [5.74, 6) is -1.17. The highest BCUT2D eigenvalue weighted by Gasteiger charge is 2.70. The molecule has 8 aliphatic rings. The maximum Gasteiger partial charge on any atom is 0.335 e. The normalized spacial score (nSPS) is 56.6. The standard InChI is InChI=1S/C47H76O18/c1-20-27(50)28(51)33(56)39(60-20)63-36-31(54)32(55)38(59)65-41(36)64-35-30(53)29(52)34(37(57)58)62-40(35)61-26-12-13-44(5)23(45(26,6)19-48)11-14-47(8)24(44)10-9-21-22-17-42(2,3)18-25(49)43(22,4)15-16-46(21,47)7/h9,20,22-36,38-41,48-56,59H,10-19H2,1-8H3,(H,57,58)/t20-,22+,23+,24-,25-,26+,27-,28+,29-,30-,31-,32-,33-,34-,35+,36+,38-,39+,40-,41-,43+,44-,45+,46+,47+/m0/s1. The van der Waals surface area contributed by atoms with Crippen molar-refractivity contribution in [2.75, 3.05) is 6.61 Å². The molecule has 3 saturated heterocycles. The molecule has 18 heteroatoms. The van der Waals surface area contributed by atoms with Crippen LogP contribution in [0.15, 0.2) is 11.6 Å². The van der Waals surface area contributed by atoms with Crippen molar-refractivity contribution >= 4 is 5.97 Å². The molecule has 5 aliphatic carbocycles.